The fourth-order valence-electron chi connectivity index (χ4n) is 1.90. The second kappa shape index (κ2) is 4.85. The van der Waals surface area contributed by atoms with Crippen LogP contribution in [0.3, 0.4) is 0 Å². The van der Waals surface area contributed by atoms with Crippen LogP contribution in [0, 0.1) is 18.6 Å². The van der Waals surface area contributed by atoms with Crippen molar-refractivity contribution in [2.45, 2.75) is 16.8 Å². The van der Waals surface area contributed by atoms with E-state index in [1.54, 1.807) is 6.92 Å². The van der Waals surface area contributed by atoms with Gasteiger partial charge in [0, 0.05) is 11.8 Å². The van der Waals surface area contributed by atoms with Crippen molar-refractivity contribution in [1.82, 2.24) is 19.6 Å². The van der Waals surface area contributed by atoms with Gasteiger partial charge in [-0.15, -0.1) is 0 Å². The highest BCUT2D eigenvalue weighted by atomic mass is 32.2. The summed E-state index contributed by atoms with van der Waals surface area (Å²) in [5.74, 6) is -1.17. The highest BCUT2D eigenvalue weighted by molar-refractivity contribution is 7.99. The number of nitrogens with two attached hydrogens (primary N) is 1. The Kier molecular flexibility index (Phi) is 3.13. The van der Waals surface area contributed by atoms with Gasteiger partial charge in [0.2, 0.25) is 0 Å². The smallest absolute Gasteiger partial charge is 0.349 e. The molecule has 108 valence electrons. The first-order valence-electron chi connectivity index (χ1n) is 5.83. The van der Waals surface area contributed by atoms with E-state index < -0.39 is 17.3 Å². The normalized spacial score (nSPS) is 11.2. The summed E-state index contributed by atoms with van der Waals surface area (Å²) in [6.07, 6.45) is 0. The van der Waals surface area contributed by atoms with Crippen LogP contribution in [0.4, 0.5) is 14.5 Å². The van der Waals surface area contributed by atoms with Crippen LogP contribution in [-0.4, -0.2) is 19.6 Å². The van der Waals surface area contributed by atoms with Gasteiger partial charge >= 0.3 is 5.69 Å². The van der Waals surface area contributed by atoms with Gasteiger partial charge < -0.3 is 5.73 Å². The highest BCUT2D eigenvalue weighted by Gasteiger charge is 2.15. The maximum absolute atomic E-state index is 13.8. The number of H-pyrrole nitrogens is 1. The number of rotatable bonds is 2. The van der Waals surface area contributed by atoms with Gasteiger partial charge in [-0.05, 0) is 19.1 Å². The summed E-state index contributed by atoms with van der Waals surface area (Å²) in [7, 11) is 0. The first kappa shape index (κ1) is 13.6. The lowest BCUT2D eigenvalue weighted by molar-refractivity contribution is 0.541. The van der Waals surface area contributed by atoms with E-state index in [9.17, 15) is 13.6 Å². The zero-order valence-electron chi connectivity index (χ0n) is 10.7. The van der Waals surface area contributed by atoms with Crippen molar-refractivity contribution in [3.8, 4) is 0 Å². The van der Waals surface area contributed by atoms with Crippen LogP contribution in [0.15, 0.2) is 32.9 Å². The van der Waals surface area contributed by atoms with Crippen LogP contribution in [0.25, 0.3) is 5.65 Å². The molecule has 1 aromatic carbocycles. The lowest BCUT2D eigenvalue weighted by Gasteiger charge is -2.06. The van der Waals surface area contributed by atoms with Gasteiger partial charge in [-0.3, -0.25) is 0 Å². The second-order valence-corrected chi connectivity index (χ2v) is 5.31. The zero-order valence-corrected chi connectivity index (χ0v) is 11.5. The van der Waals surface area contributed by atoms with Crippen LogP contribution in [0.1, 0.15) is 5.82 Å². The summed E-state index contributed by atoms with van der Waals surface area (Å²) in [5.41, 5.74) is 5.28. The molecule has 0 aliphatic rings. The van der Waals surface area contributed by atoms with Crippen molar-refractivity contribution < 1.29 is 8.78 Å². The standard InChI is InChI=1S/C12H9F2N5OS/c1-5-16-10(4-9-17-18-12(20)19(5)9)21-11-7(13)2-6(15)3-8(11)14/h2-4H,15H2,1H3,(H,18,20). The van der Waals surface area contributed by atoms with E-state index in [0.717, 1.165) is 23.9 Å². The molecule has 0 saturated carbocycles. The number of anilines is 1. The Bertz CT molecular complexity index is 881. The number of hydrogen-bond acceptors (Lipinski definition) is 5. The van der Waals surface area contributed by atoms with Crippen LogP contribution < -0.4 is 11.4 Å². The van der Waals surface area contributed by atoms with Crippen LogP contribution >= 0.6 is 11.8 Å². The first-order valence-corrected chi connectivity index (χ1v) is 6.64. The molecule has 9 heteroatoms. The molecule has 0 aliphatic heterocycles. The highest BCUT2D eigenvalue weighted by Crippen LogP contribution is 2.32. The summed E-state index contributed by atoms with van der Waals surface area (Å²) in [5, 5.41) is 6.41. The molecular formula is C12H9F2N5OS. The van der Waals surface area contributed by atoms with E-state index in [4.69, 9.17) is 5.73 Å². The number of benzene rings is 1. The molecule has 0 radical (unpaired) electrons. The molecule has 0 spiro atoms. The predicted octanol–water partition coefficient (Wildman–Crippen LogP) is 1.74. The third-order valence-corrected chi connectivity index (χ3v) is 3.79. The third kappa shape index (κ3) is 2.35. The third-order valence-electron chi connectivity index (χ3n) is 2.77. The Hall–Kier alpha value is -2.42. The quantitative estimate of drug-likeness (QED) is 0.556. The Morgan fingerprint density at radius 1 is 1.29 bits per heavy atom. The number of fused-ring (bicyclic) bond motifs is 1. The number of aromatic nitrogens is 4. The molecule has 6 nitrogen and oxygen atoms in total. The molecule has 2 aromatic heterocycles. The number of halogens is 2. The monoisotopic (exact) mass is 309 g/mol. The van der Waals surface area contributed by atoms with Gasteiger partial charge in [-0.1, -0.05) is 11.8 Å². The van der Waals surface area contributed by atoms with E-state index in [1.807, 2.05) is 0 Å². The molecule has 0 saturated heterocycles. The molecule has 3 rings (SSSR count). The molecule has 2 heterocycles. The number of nitrogens with one attached hydrogen (secondary N) is 1. The fourth-order valence-corrected chi connectivity index (χ4v) is 2.77. The Balaban J connectivity index is 2.09. The topological polar surface area (TPSA) is 89.1 Å². The summed E-state index contributed by atoms with van der Waals surface area (Å²) >= 11 is 0.802. The van der Waals surface area contributed by atoms with Gasteiger partial charge in [-0.2, -0.15) is 5.10 Å². The Morgan fingerprint density at radius 3 is 2.62 bits per heavy atom. The summed E-state index contributed by atoms with van der Waals surface area (Å²) < 4.78 is 28.8. The van der Waals surface area contributed by atoms with Crippen LogP contribution in [0.5, 0.6) is 0 Å². The van der Waals surface area contributed by atoms with Gasteiger partial charge in [0.1, 0.15) is 22.5 Å². The minimum absolute atomic E-state index is 0.00722. The Morgan fingerprint density at radius 2 is 1.95 bits per heavy atom. The van der Waals surface area contributed by atoms with E-state index in [-0.39, 0.29) is 10.6 Å². The second-order valence-electron chi connectivity index (χ2n) is 4.28. The number of aromatic amines is 1. The number of aryl methyl sites for hydroxylation is 1. The van der Waals surface area contributed by atoms with Crippen molar-refractivity contribution in [1.29, 1.82) is 0 Å². The summed E-state index contributed by atoms with van der Waals surface area (Å²) in [6, 6.07) is 3.54. The average Bonchev–Trinajstić information content (AvgIpc) is 2.76. The lowest BCUT2D eigenvalue weighted by atomic mass is 10.3. The maximum atomic E-state index is 13.8. The molecule has 0 aliphatic carbocycles. The molecule has 0 amide bonds. The molecule has 0 fully saturated rings. The van der Waals surface area contributed by atoms with Crippen LogP contribution in [-0.2, 0) is 0 Å². The van der Waals surface area contributed by atoms with E-state index >= 15 is 0 Å². The SMILES string of the molecule is Cc1nc(Sc2c(F)cc(N)cc2F)cc2n[nH]c(=O)n12. The number of nitrogen functional groups attached to an aromatic ring is 1. The molecule has 3 N–H and O–H groups in total. The van der Waals surface area contributed by atoms with E-state index in [1.165, 1.54) is 10.5 Å². The van der Waals surface area contributed by atoms with Crippen molar-refractivity contribution in [3.05, 3.63) is 46.1 Å². The molecule has 0 unspecified atom stereocenters. The van der Waals surface area contributed by atoms with Crippen molar-refractivity contribution in [3.63, 3.8) is 0 Å². The van der Waals surface area contributed by atoms with E-state index in [2.05, 4.69) is 15.2 Å². The fraction of sp³-hybridized carbons (Fsp3) is 0.0833. The lowest BCUT2D eigenvalue weighted by Crippen LogP contribution is -2.13. The molecule has 0 atom stereocenters. The van der Waals surface area contributed by atoms with Crippen molar-refractivity contribution in [2.75, 3.05) is 5.73 Å². The van der Waals surface area contributed by atoms with Crippen molar-refractivity contribution in [2.24, 2.45) is 0 Å². The minimum Gasteiger partial charge on any atom is -0.399 e. The van der Waals surface area contributed by atoms with Crippen LogP contribution in [0.2, 0.25) is 0 Å². The summed E-state index contributed by atoms with van der Waals surface area (Å²) in [4.78, 5) is 15.4. The van der Waals surface area contributed by atoms with Gasteiger partial charge in [-0.25, -0.2) is 28.1 Å². The first-order chi connectivity index (χ1) is 9.95. The van der Waals surface area contributed by atoms with Gasteiger partial charge in [0.15, 0.2) is 5.65 Å². The molecular weight excluding hydrogens is 300 g/mol. The van der Waals surface area contributed by atoms with E-state index in [0.29, 0.717) is 16.5 Å². The minimum atomic E-state index is -0.767. The largest absolute Gasteiger partial charge is 0.399 e. The van der Waals surface area contributed by atoms with Gasteiger partial charge in [0.05, 0.1) is 4.90 Å². The number of nitrogens with zero attached hydrogens (tertiary/aromatic N) is 3. The molecule has 0 bridgehead atoms. The summed E-state index contributed by atoms with van der Waals surface area (Å²) in [6.45, 7) is 1.60. The zero-order chi connectivity index (χ0) is 15.1. The van der Waals surface area contributed by atoms with Crippen molar-refractivity contribution >= 4 is 23.1 Å². The number of hydrogen-bond donors (Lipinski definition) is 2. The Labute approximate surface area is 121 Å². The van der Waals surface area contributed by atoms with Gasteiger partial charge in [0.25, 0.3) is 0 Å². The maximum Gasteiger partial charge on any atom is 0.349 e. The molecule has 21 heavy (non-hydrogen) atoms. The average molecular weight is 309 g/mol. The predicted molar refractivity (Wildman–Crippen MR) is 73.2 cm³/mol. The molecule has 3 aromatic rings.